The number of hydrogen-bond acceptors (Lipinski definition) is 5. The minimum Gasteiger partial charge on any atom is -0.397 e. The van der Waals surface area contributed by atoms with Gasteiger partial charge in [-0.3, -0.25) is 4.79 Å². The van der Waals surface area contributed by atoms with E-state index in [1.54, 1.807) is 18.3 Å². The molecule has 5 heteroatoms. The fourth-order valence-electron chi connectivity index (χ4n) is 4.14. The molecule has 3 fully saturated rings. The van der Waals surface area contributed by atoms with Gasteiger partial charge in [-0.1, -0.05) is 0 Å². The Morgan fingerprint density at radius 1 is 1.24 bits per heavy atom. The van der Waals surface area contributed by atoms with Crippen LogP contribution in [-0.4, -0.2) is 29.1 Å². The van der Waals surface area contributed by atoms with Crippen LogP contribution in [-0.2, 0) is 0 Å². The summed E-state index contributed by atoms with van der Waals surface area (Å²) in [6.07, 6.45) is 6.24. The molecule has 114 valence electrons. The van der Waals surface area contributed by atoms with Crippen LogP contribution in [0.5, 0.6) is 0 Å². The molecule has 3 aliphatic rings. The zero-order valence-electron chi connectivity index (χ0n) is 12.3. The third-order valence-electron chi connectivity index (χ3n) is 5.21. The molecule has 1 aromatic rings. The van der Waals surface area contributed by atoms with Gasteiger partial charge in [-0.15, -0.1) is 11.3 Å². The van der Waals surface area contributed by atoms with E-state index >= 15 is 0 Å². The molecule has 4 rings (SSSR count). The number of Topliss-reactive ketones (excluding diaryl/α,β-unsaturated/α-hetero) is 1. The number of nitrogen functional groups attached to an aromatic ring is 1. The molecular formula is C16H22N2O2S. The average molecular weight is 306 g/mol. The van der Waals surface area contributed by atoms with Gasteiger partial charge in [0, 0.05) is 24.6 Å². The number of aliphatic hydroxyl groups is 1. The molecular weight excluding hydrogens is 284 g/mol. The normalized spacial score (nSPS) is 31.7. The molecule has 2 unspecified atom stereocenters. The largest absolute Gasteiger partial charge is 0.397 e. The highest BCUT2D eigenvalue weighted by molar-refractivity contribution is 7.19. The highest BCUT2D eigenvalue weighted by Crippen LogP contribution is 2.54. The summed E-state index contributed by atoms with van der Waals surface area (Å²) in [5.74, 6) is 0.630. The van der Waals surface area contributed by atoms with Crippen LogP contribution in [0.25, 0.3) is 0 Å². The Balaban J connectivity index is 1.78. The lowest BCUT2D eigenvalue weighted by Gasteiger charge is -2.38. The summed E-state index contributed by atoms with van der Waals surface area (Å²) in [6, 6.07) is 0.850. The number of anilines is 2. The SMILES string of the molecule is CC(=O)c1sc(N2C3CCC2CC(O)C3)c(C2CC2)c1N. The Hall–Kier alpha value is -1.07. The zero-order valence-corrected chi connectivity index (χ0v) is 13.2. The number of hydrogen-bond donors (Lipinski definition) is 2. The van der Waals surface area contributed by atoms with E-state index < -0.39 is 0 Å². The van der Waals surface area contributed by atoms with Gasteiger partial charge >= 0.3 is 0 Å². The van der Waals surface area contributed by atoms with Crippen LogP contribution in [0.3, 0.4) is 0 Å². The van der Waals surface area contributed by atoms with E-state index in [-0.39, 0.29) is 11.9 Å². The molecule has 0 aromatic carbocycles. The number of rotatable bonds is 3. The van der Waals surface area contributed by atoms with Crippen molar-refractivity contribution < 1.29 is 9.90 Å². The fourth-order valence-corrected chi connectivity index (χ4v) is 5.49. The predicted octanol–water partition coefficient (Wildman–Crippen LogP) is 2.90. The highest BCUT2D eigenvalue weighted by Gasteiger charge is 2.44. The first kappa shape index (κ1) is 13.6. The van der Waals surface area contributed by atoms with Gasteiger partial charge in [-0.25, -0.2) is 0 Å². The number of nitrogens with two attached hydrogens (primary N) is 1. The maximum absolute atomic E-state index is 11.9. The number of fused-ring (bicyclic) bond motifs is 2. The van der Waals surface area contributed by atoms with Crippen LogP contribution < -0.4 is 10.6 Å². The molecule has 1 aliphatic carbocycles. The fraction of sp³-hybridized carbons (Fsp3) is 0.688. The van der Waals surface area contributed by atoms with Gasteiger partial charge in [0.2, 0.25) is 0 Å². The van der Waals surface area contributed by atoms with E-state index in [4.69, 9.17) is 5.73 Å². The first-order chi connectivity index (χ1) is 10.1. The Bertz CT molecular complexity index is 579. The second-order valence-electron chi connectivity index (χ2n) is 6.81. The topological polar surface area (TPSA) is 66.6 Å². The highest BCUT2D eigenvalue weighted by atomic mass is 32.1. The zero-order chi connectivity index (χ0) is 14.7. The van der Waals surface area contributed by atoms with E-state index in [0.717, 1.165) is 36.2 Å². The molecule has 4 nitrogen and oxygen atoms in total. The molecule has 3 N–H and O–H groups in total. The van der Waals surface area contributed by atoms with Crippen LogP contribution in [0.1, 0.15) is 66.6 Å². The van der Waals surface area contributed by atoms with E-state index in [1.807, 2.05) is 0 Å². The number of carbonyl (C=O) groups excluding carboxylic acids is 1. The quantitative estimate of drug-likeness (QED) is 0.843. The van der Waals surface area contributed by atoms with Gasteiger partial charge in [-0.05, 0) is 44.4 Å². The van der Waals surface area contributed by atoms with Gasteiger partial charge < -0.3 is 15.7 Å². The van der Waals surface area contributed by atoms with Gasteiger partial charge in [0.05, 0.1) is 21.7 Å². The first-order valence-corrected chi connectivity index (χ1v) is 8.77. The molecule has 1 saturated carbocycles. The lowest BCUT2D eigenvalue weighted by atomic mass is 9.99. The molecule has 0 amide bonds. The molecule has 0 radical (unpaired) electrons. The summed E-state index contributed by atoms with van der Waals surface area (Å²) >= 11 is 1.59. The predicted molar refractivity (Wildman–Crippen MR) is 85.2 cm³/mol. The molecule has 0 spiro atoms. The van der Waals surface area contributed by atoms with Gasteiger partial charge in [0.15, 0.2) is 5.78 Å². The number of carbonyl (C=O) groups is 1. The second-order valence-corrected chi connectivity index (χ2v) is 7.81. The Morgan fingerprint density at radius 2 is 1.86 bits per heavy atom. The summed E-state index contributed by atoms with van der Waals surface area (Å²) in [7, 11) is 0. The van der Waals surface area contributed by atoms with Gasteiger partial charge in [-0.2, -0.15) is 0 Å². The summed E-state index contributed by atoms with van der Waals surface area (Å²) in [5, 5.41) is 11.2. The van der Waals surface area contributed by atoms with Crippen molar-refractivity contribution in [1.82, 2.24) is 0 Å². The summed E-state index contributed by atoms with van der Waals surface area (Å²) in [5.41, 5.74) is 8.27. The van der Waals surface area contributed by atoms with E-state index in [2.05, 4.69) is 4.90 Å². The van der Waals surface area contributed by atoms with Crippen molar-refractivity contribution in [2.45, 2.75) is 69.6 Å². The van der Waals surface area contributed by atoms with Crippen LogP contribution in [0.2, 0.25) is 0 Å². The van der Waals surface area contributed by atoms with Crippen LogP contribution in [0.4, 0.5) is 10.7 Å². The lowest BCUT2D eigenvalue weighted by molar-refractivity contribution is 0.102. The van der Waals surface area contributed by atoms with Crippen LogP contribution >= 0.6 is 11.3 Å². The van der Waals surface area contributed by atoms with E-state index in [0.29, 0.717) is 18.0 Å². The molecule has 2 bridgehead atoms. The van der Waals surface area contributed by atoms with Crippen molar-refractivity contribution in [3.63, 3.8) is 0 Å². The van der Waals surface area contributed by atoms with Crippen LogP contribution in [0.15, 0.2) is 0 Å². The first-order valence-electron chi connectivity index (χ1n) is 7.95. The van der Waals surface area contributed by atoms with E-state index in [9.17, 15) is 9.90 Å². The third kappa shape index (κ3) is 2.09. The molecule has 2 saturated heterocycles. The number of piperidine rings is 1. The monoisotopic (exact) mass is 306 g/mol. The summed E-state index contributed by atoms with van der Waals surface area (Å²) < 4.78 is 0. The maximum Gasteiger partial charge on any atom is 0.171 e. The maximum atomic E-state index is 11.9. The Labute approximate surface area is 128 Å². The second kappa shape index (κ2) is 4.71. The van der Waals surface area contributed by atoms with Crippen molar-refractivity contribution in [3.05, 3.63) is 10.4 Å². The Morgan fingerprint density at radius 3 is 2.38 bits per heavy atom. The third-order valence-corrected chi connectivity index (χ3v) is 6.55. The number of nitrogens with zero attached hydrogens (tertiary/aromatic N) is 1. The Kier molecular flexibility index (Phi) is 3.05. The molecule has 2 aliphatic heterocycles. The van der Waals surface area contributed by atoms with Crippen molar-refractivity contribution in [2.75, 3.05) is 10.6 Å². The minimum atomic E-state index is -0.160. The number of ketones is 1. The average Bonchev–Trinajstić information content (AvgIpc) is 3.14. The minimum absolute atomic E-state index is 0.0787. The van der Waals surface area contributed by atoms with Crippen molar-refractivity contribution >= 4 is 27.8 Å². The summed E-state index contributed by atoms with van der Waals surface area (Å²) in [6.45, 7) is 1.61. The molecule has 21 heavy (non-hydrogen) atoms. The van der Waals surface area contributed by atoms with Crippen LogP contribution in [0, 0.1) is 0 Å². The molecule has 1 aromatic heterocycles. The smallest absolute Gasteiger partial charge is 0.171 e. The summed E-state index contributed by atoms with van der Waals surface area (Å²) in [4.78, 5) is 15.1. The van der Waals surface area contributed by atoms with Gasteiger partial charge in [0.25, 0.3) is 0 Å². The lowest BCUT2D eigenvalue weighted by Crippen LogP contribution is -2.44. The standard InChI is InChI=1S/C16H22N2O2S/c1-8(19)15-14(17)13(9-2-3-9)16(21-15)18-10-4-5-11(18)7-12(20)6-10/h9-12,20H,2-7,17H2,1H3. The molecule has 2 atom stereocenters. The van der Waals surface area contributed by atoms with Crippen molar-refractivity contribution in [2.24, 2.45) is 0 Å². The van der Waals surface area contributed by atoms with Crippen molar-refractivity contribution in [1.29, 1.82) is 0 Å². The van der Waals surface area contributed by atoms with Gasteiger partial charge in [0.1, 0.15) is 0 Å². The number of thiophene rings is 1. The number of aliphatic hydroxyl groups excluding tert-OH is 1. The van der Waals surface area contributed by atoms with E-state index in [1.165, 1.54) is 23.4 Å². The van der Waals surface area contributed by atoms with Crippen molar-refractivity contribution in [3.8, 4) is 0 Å². The molecule has 3 heterocycles.